The number of nitrogens with zero attached hydrogens (tertiary/aromatic N) is 2. The molecule has 0 aliphatic carbocycles. The van der Waals surface area contributed by atoms with Gasteiger partial charge < -0.3 is 15.1 Å². The maximum Gasteiger partial charge on any atom is 0.295 e. The lowest BCUT2D eigenvalue weighted by molar-refractivity contribution is 0.0966. The van der Waals surface area contributed by atoms with E-state index in [2.05, 4.69) is 20.9 Å². The quantitative estimate of drug-likeness (QED) is 0.865. The second-order valence-corrected chi connectivity index (χ2v) is 4.75. The molecule has 0 unspecified atom stereocenters. The standard InChI is InChI=1S/C12H12BrN3O2/c1-7-11(18-6-15-7)12(17)16(2)10-4-3-8(13)5-9(10)14/h3-6H,14H2,1-2H3. The third kappa shape index (κ3) is 2.24. The molecule has 0 spiro atoms. The molecule has 1 amide bonds. The van der Waals surface area contributed by atoms with Crippen molar-refractivity contribution in [3.05, 3.63) is 40.5 Å². The Balaban J connectivity index is 2.34. The number of rotatable bonds is 2. The zero-order valence-electron chi connectivity index (χ0n) is 9.98. The van der Waals surface area contributed by atoms with Crippen molar-refractivity contribution < 1.29 is 9.21 Å². The molecule has 0 bridgehead atoms. The number of amides is 1. The van der Waals surface area contributed by atoms with E-state index in [-0.39, 0.29) is 11.7 Å². The molecule has 2 rings (SSSR count). The van der Waals surface area contributed by atoms with Gasteiger partial charge in [0, 0.05) is 11.5 Å². The second-order valence-electron chi connectivity index (χ2n) is 3.83. The summed E-state index contributed by atoms with van der Waals surface area (Å²) in [5.41, 5.74) is 7.57. The number of aryl methyl sites for hydroxylation is 1. The minimum Gasteiger partial charge on any atom is -0.438 e. The first-order valence-corrected chi connectivity index (χ1v) is 6.03. The van der Waals surface area contributed by atoms with Crippen LogP contribution in [0.25, 0.3) is 0 Å². The molecule has 6 heteroatoms. The van der Waals surface area contributed by atoms with Crippen LogP contribution in [0.2, 0.25) is 0 Å². The fraction of sp³-hybridized carbons (Fsp3) is 0.167. The molecule has 1 aromatic heterocycles. The third-order valence-corrected chi connectivity index (χ3v) is 3.09. The molecule has 1 aromatic carbocycles. The normalized spacial score (nSPS) is 10.4. The highest BCUT2D eigenvalue weighted by molar-refractivity contribution is 9.10. The maximum absolute atomic E-state index is 12.2. The summed E-state index contributed by atoms with van der Waals surface area (Å²) in [4.78, 5) is 17.5. The van der Waals surface area contributed by atoms with E-state index < -0.39 is 0 Å². The Morgan fingerprint density at radius 1 is 1.50 bits per heavy atom. The SMILES string of the molecule is Cc1ncoc1C(=O)N(C)c1ccc(Br)cc1N. The average Bonchev–Trinajstić information content (AvgIpc) is 2.74. The van der Waals surface area contributed by atoms with E-state index in [1.807, 2.05) is 6.07 Å². The third-order valence-electron chi connectivity index (χ3n) is 2.60. The van der Waals surface area contributed by atoms with E-state index >= 15 is 0 Å². The van der Waals surface area contributed by atoms with E-state index in [1.54, 1.807) is 26.1 Å². The van der Waals surface area contributed by atoms with Crippen molar-refractivity contribution in [1.29, 1.82) is 0 Å². The van der Waals surface area contributed by atoms with Crippen LogP contribution in [0, 0.1) is 6.92 Å². The van der Waals surface area contributed by atoms with E-state index in [4.69, 9.17) is 10.2 Å². The first kappa shape index (κ1) is 12.6. The summed E-state index contributed by atoms with van der Waals surface area (Å²) in [5, 5.41) is 0. The highest BCUT2D eigenvalue weighted by Crippen LogP contribution is 2.27. The number of hydrogen-bond donors (Lipinski definition) is 1. The van der Waals surface area contributed by atoms with E-state index in [1.165, 1.54) is 11.3 Å². The lowest BCUT2D eigenvalue weighted by Gasteiger charge is -2.18. The number of halogens is 1. The predicted octanol–water partition coefficient (Wildman–Crippen LogP) is 2.60. The Bertz CT molecular complexity index is 595. The van der Waals surface area contributed by atoms with Crippen LogP contribution >= 0.6 is 15.9 Å². The van der Waals surface area contributed by atoms with Crippen LogP contribution in [0.1, 0.15) is 16.2 Å². The number of benzene rings is 1. The van der Waals surface area contributed by atoms with Crippen LogP contribution in [-0.4, -0.2) is 17.9 Å². The summed E-state index contributed by atoms with van der Waals surface area (Å²) >= 11 is 3.32. The first-order valence-electron chi connectivity index (χ1n) is 5.24. The molecular weight excluding hydrogens is 298 g/mol. The van der Waals surface area contributed by atoms with Gasteiger partial charge in [-0.05, 0) is 25.1 Å². The summed E-state index contributed by atoms with van der Waals surface area (Å²) in [5.74, 6) is -0.0566. The topological polar surface area (TPSA) is 72.4 Å². The lowest BCUT2D eigenvalue weighted by Crippen LogP contribution is -2.27. The Labute approximate surface area is 113 Å². The summed E-state index contributed by atoms with van der Waals surface area (Å²) in [6.07, 6.45) is 1.25. The average molecular weight is 310 g/mol. The highest BCUT2D eigenvalue weighted by Gasteiger charge is 2.21. The molecule has 0 aliphatic heterocycles. The fourth-order valence-electron chi connectivity index (χ4n) is 1.60. The number of carbonyl (C=O) groups excluding carboxylic acids is 1. The molecule has 0 aliphatic rings. The highest BCUT2D eigenvalue weighted by atomic mass is 79.9. The number of nitrogen functional groups attached to an aromatic ring is 1. The maximum atomic E-state index is 12.2. The molecule has 2 aromatic rings. The molecule has 0 fully saturated rings. The molecule has 2 N–H and O–H groups in total. The van der Waals surface area contributed by atoms with Crippen molar-refractivity contribution >= 4 is 33.2 Å². The minimum atomic E-state index is -0.279. The molecular formula is C12H12BrN3O2. The number of anilines is 2. The van der Waals surface area contributed by atoms with Crippen molar-refractivity contribution in [2.45, 2.75) is 6.92 Å². The fourth-order valence-corrected chi connectivity index (χ4v) is 1.98. The van der Waals surface area contributed by atoms with Gasteiger partial charge in [0.15, 0.2) is 6.39 Å². The van der Waals surface area contributed by atoms with E-state index in [0.717, 1.165) is 4.47 Å². The predicted molar refractivity (Wildman–Crippen MR) is 72.5 cm³/mol. The van der Waals surface area contributed by atoms with Crippen LogP contribution < -0.4 is 10.6 Å². The molecule has 5 nitrogen and oxygen atoms in total. The number of aromatic nitrogens is 1. The smallest absolute Gasteiger partial charge is 0.295 e. The van der Waals surface area contributed by atoms with E-state index in [0.29, 0.717) is 17.1 Å². The van der Waals surface area contributed by atoms with Gasteiger partial charge in [0.25, 0.3) is 5.91 Å². The first-order chi connectivity index (χ1) is 8.50. The summed E-state index contributed by atoms with van der Waals surface area (Å²) in [7, 11) is 1.64. The van der Waals surface area contributed by atoms with Crippen molar-refractivity contribution in [3.8, 4) is 0 Å². The van der Waals surface area contributed by atoms with Crippen LogP contribution in [0.3, 0.4) is 0 Å². The van der Waals surface area contributed by atoms with Gasteiger partial charge in [-0.2, -0.15) is 0 Å². The number of nitrogens with two attached hydrogens (primary N) is 1. The molecule has 0 radical (unpaired) electrons. The van der Waals surface area contributed by atoms with Gasteiger partial charge in [-0.3, -0.25) is 4.79 Å². The van der Waals surface area contributed by atoms with Gasteiger partial charge in [0.1, 0.15) is 0 Å². The Morgan fingerprint density at radius 2 is 2.22 bits per heavy atom. The zero-order chi connectivity index (χ0) is 13.3. The largest absolute Gasteiger partial charge is 0.438 e. The Morgan fingerprint density at radius 3 is 2.78 bits per heavy atom. The molecule has 94 valence electrons. The van der Waals surface area contributed by atoms with Crippen LogP contribution in [0.4, 0.5) is 11.4 Å². The van der Waals surface area contributed by atoms with Gasteiger partial charge in [0.2, 0.25) is 5.76 Å². The summed E-state index contributed by atoms with van der Waals surface area (Å²) in [6.45, 7) is 1.72. The van der Waals surface area contributed by atoms with Crippen molar-refractivity contribution in [2.24, 2.45) is 0 Å². The molecule has 1 heterocycles. The van der Waals surface area contributed by atoms with E-state index in [9.17, 15) is 4.79 Å². The van der Waals surface area contributed by atoms with Crippen molar-refractivity contribution in [1.82, 2.24) is 4.98 Å². The number of hydrogen-bond acceptors (Lipinski definition) is 4. The summed E-state index contributed by atoms with van der Waals surface area (Å²) in [6, 6.07) is 5.33. The lowest BCUT2D eigenvalue weighted by atomic mass is 10.2. The Kier molecular flexibility index (Phi) is 3.38. The molecule has 18 heavy (non-hydrogen) atoms. The van der Waals surface area contributed by atoms with Crippen LogP contribution in [0.15, 0.2) is 33.5 Å². The Hall–Kier alpha value is -1.82. The van der Waals surface area contributed by atoms with Gasteiger partial charge in [-0.1, -0.05) is 15.9 Å². The van der Waals surface area contributed by atoms with Crippen LogP contribution in [-0.2, 0) is 0 Å². The minimum absolute atomic E-state index is 0.222. The molecule has 0 saturated heterocycles. The molecule has 0 atom stereocenters. The summed E-state index contributed by atoms with van der Waals surface area (Å²) < 4.78 is 5.94. The molecule has 0 saturated carbocycles. The van der Waals surface area contributed by atoms with Crippen molar-refractivity contribution in [3.63, 3.8) is 0 Å². The van der Waals surface area contributed by atoms with Crippen molar-refractivity contribution in [2.75, 3.05) is 17.7 Å². The van der Waals surface area contributed by atoms with Gasteiger partial charge in [-0.25, -0.2) is 4.98 Å². The van der Waals surface area contributed by atoms with Gasteiger partial charge in [-0.15, -0.1) is 0 Å². The van der Waals surface area contributed by atoms with Crippen LogP contribution in [0.5, 0.6) is 0 Å². The second kappa shape index (κ2) is 4.81. The number of carbonyl (C=O) groups is 1. The van der Waals surface area contributed by atoms with Gasteiger partial charge in [0.05, 0.1) is 17.1 Å². The monoisotopic (exact) mass is 309 g/mol. The van der Waals surface area contributed by atoms with Gasteiger partial charge >= 0.3 is 0 Å². The number of oxazole rings is 1. The zero-order valence-corrected chi connectivity index (χ0v) is 11.6.